The first-order chi connectivity index (χ1) is 8.61. The number of aromatic nitrogens is 3. The van der Waals surface area contributed by atoms with E-state index in [1.54, 1.807) is 0 Å². The molecule has 0 spiro atoms. The van der Waals surface area contributed by atoms with Crippen molar-refractivity contribution in [2.45, 2.75) is 26.8 Å². The van der Waals surface area contributed by atoms with E-state index in [9.17, 15) is 0 Å². The lowest BCUT2D eigenvalue weighted by Crippen LogP contribution is -2.20. The molecule has 1 N–H and O–H groups in total. The molecule has 4 heteroatoms. The molecular formula is C14H18N4. The van der Waals surface area contributed by atoms with Crippen LogP contribution in [0.4, 0.5) is 0 Å². The highest BCUT2D eigenvalue weighted by Gasteiger charge is 2.16. The van der Waals surface area contributed by atoms with E-state index in [4.69, 9.17) is 0 Å². The zero-order valence-electron chi connectivity index (χ0n) is 11.2. The van der Waals surface area contributed by atoms with Crippen molar-refractivity contribution in [2.24, 2.45) is 0 Å². The van der Waals surface area contributed by atoms with Crippen LogP contribution in [0, 0.1) is 20.8 Å². The van der Waals surface area contributed by atoms with E-state index in [1.165, 1.54) is 0 Å². The van der Waals surface area contributed by atoms with Gasteiger partial charge < -0.3 is 5.32 Å². The Morgan fingerprint density at radius 1 is 1.06 bits per heavy atom. The molecule has 0 fully saturated rings. The molecule has 0 aliphatic carbocycles. The van der Waals surface area contributed by atoms with Crippen LogP contribution >= 0.6 is 0 Å². The Hall–Kier alpha value is -1.81. The fraction of sp³-hybridized carbons (Fsp3) is 0.357. The lowest BCUT2D eigenvalue weighted by Gasteiger charge is -2.18. The van der Waals surface area contributed by atoms with E-state index in [0.717, 1.165) is 28.1 Å². The van der Waals surface area contributed by atoms with Crippen LogP contribution in [0.2, 0.25) is 0 Å². The van der Waals surface area contributed by atoms with Gasteiger partial charge in [0.2, 0.25) is 0 Å². The van der Waals surface area contributed by atoms with Crippen molar-refractivity contribution in [3.63, 3.8) is 0 Å². The van der Waals surface area contributed by atoms with E-state index in [-0.39, 0.29) is 6.04 Å². The summed E-state index contributed by atoms with van der Waals surface area (Å²) in [6.45, 7) is 5.98. The Morgan fingerprint density at radius 2 is 1.83 bits per heavy atom. The zero-order valence-corrected chi connectivity index (χ0v) is 11.2. The van der Waals surface area contributed by atoms with E-state index < -0.39 is 0 Å². The molecule has 0 bridgehead atoms. The summed E-state index contributed by atoms with van der Waals surface area (Å²) >= 11 is 0. The van der Waals surface area contributed by atoms with Gasteiger partial charge >= 0.3 is 0 Å². The predicted molar refractivity (Wildman–Crippen MR) is 71.4 cm³/mol. The maximum atomic E-state index is 4.25. The highest BCUT2D eigenvalue weighted by molar-refractivity contribution is 5.34. The molecule has 2 heterocycles. The smallest absolute Gasteiger partial charge is 0.0651 e. The molecular weight excluding hydrogens is 224 g/mol. The van der Waals surface area contributed by atoms with Crippen molar-refractivity contribution in [3.8, 4) is 0 Å². The predicted octanol–water partition coefficient (Wildman–Crippen LogP) is 2.11. The second-order valence-electron chi connectivity index (χ2n) is 4.54. The Bertz CT molecular complexity index is 551. The fourth-order valence-electron chi connectivity index (χ4n) is 2.10. The van der Waals surface area contributed by atoms with Gasteiger partial charge in [0.1, 0.15) is 0 Å². The molecule has 0 aliphatic heterocycles. The van der Waals surface area contributed by atoms with E-state index in [1.807, 2.05) is 40.2 Å². The molecule has 94 valence electrons. The third-order valence-electron chi connectivity index (χ3n) is 2.97. The van der Waals surface area contributed by atoms with Gasteiger partial charge in [-0.15, -0.1) is 0 Å². The number of nitrogens with one attached hydrogen (secondary N) is 1. The minimum atomic E-state index is 0.103. The Morgan fingerprint density at radius 3 is 2.50 bits per heavy atom. The Kier molecular flexibility index (Phi) is 3.67. The monoisotopic (exact) mass is 242 g/mol. The zero-order chi connectivity index (χ0) is 13.1. The van der Waals surface area contributed by atoms with Crippen molar-refractivity contribution in [1.82, 2.24) is 20.5 Å². The molecule has 0 aromatic carbocycles. The SMILES string of the molecule is CNC(c1cncc(C)c1)c1cc(C)nnc1C. The molecule has 4 nitrogen and oxygen atoms in total. The van der Waals surface area contributed by atoms with Crippen LogP contribution in [0.25, 0.3) is 0 Å². The lowest BCUT2D eigenvalue weighted by molar-refractivity contribution is 0.672. The van der Waals surface area contributed by atoms with E-state index in [2.05, 4.69) is 32.6 Å². The van der Waals surface area contributed by atoms with Crippen LogP contribution in [0.15, 0.2) is 24.5 Å². The van der Waals surface area contributed by atoms with E-state index >= 15 is 0 Å². The lowest BCUT2D eigenvalue weighted by atomic mass is 9.98. The first-order valence-corrected chi connectivity index (χ1v) is 6.01. The summed E-state index contributed by atoms with van der Waals surface area (Å²) in [5.74, 6) is 0. The topological polar surface area (TPSA) is 50.7 Å². The molecule has 0 aliphatic rings. The summed E-state index contributed by atoms with van der Waals surface area (Å²) in [4.78, 5) is 4.25. The second-order valence-corrected chi connectivity index (χ2v) is 4.54. The van der Waals surface area contributed by atoms with Crippen LogP contribution in [0.5, 0.6) is 0 Å². The standard InChI is InChI=1S/C14H18N4/c1-9-5-12(8-16-7-9)14(15-4)13-6-10(2)17-18-11(13)3/h5-8,14-15H,1-4H3. The third-order valence-corrected chi connectivity index (χ3v) is 2.97. The summed E-state index contributed by atoms with van der Waals surface area (Å²) in [6, 6.07) is 4.32. The number of rotatable bonds is 3. The fourth-order valence-corrected chi connectivity index (χ4v) is 2.10. The van der Waals surface area contributed by atoms with Gasteiger partial charge in [0.05, 0.1) is 17.4 Å². The van der Waals surface area contributed by atoms with Crippen molar-refractivity contribution >= 4 is 0 Å². The van der Waals surface area contributed by atoms with Gasteiger partial charge in [-0.1, -0.05) is 6.07 Å². The van der Waals surface area contributed by atoms with Gasteiger partial charge in [0.25, 0.3) is 0 Å². The molecule has 2 aromatic heterocycles. The number of hydrogen-bond donors (Lipinski definition) is 1. The summed E-state index contributed by atoms with van der Waals surface area (Å²) in [5.41, 5.74) is 5.33. The number of nitrogens with zero attached hydrogens (tertiary/aromatic N) is 3. The largest absolute Gasteiger partial charge is 0.309 e. The molecule has 2 rings (SSSR count). The normalized spacial score (nSPS) is 12.4. The quantitative estimate of drug-likeness (QED) is 0.895. The average Bonchev–Trinajstić information content (AvgIpc) is 2.35. The van der Waals surface area contributed by atoms with Gasteiger partial charge in [-0.05, 0) is 50.6 Å². The molecule has 1 atom stereocenters. The summed E-state index contributed by atoms with van der Waals surface area (Å²) in [6.07, 6.45) is 3.75. The number of hydrogen-bond acceptors (Lipinski definition) is 4. The molecule has 0 saturated heterocycles. The van der Waals surface area contributed by atoms with Crippen LogP contribution < -0.4 is 5.32 Å². The summed E-state index contributed by atoms with van der Waals surface area (Å²) in [5, 5.41) is 11.6. The van der Waals surface area contributed by atoms with Crippen LogP contribution in [-0.4, -0.2) is 22.2 Å². The molecule has 0 saturated carbocycles. The first-order valence-electron chi connectivity index (χ1n) is 6.01. The van der Waals surface area contributed by atoms with Crippen LogP contribution in [0.3, 0.4) is 0 Å². The van der Waals surface area contributed by atoms with Crippen LogP contribution in [-0.2, 0) is 0 Å². The van der Waals surface area contributed by atoms with Crippen LogP contribution in [0.1, 0.15) is 34.1 Å². The highest BCUT2D eigenvalue weighted by atomic mass is 15.1. The second kappa shape index (κ2) is 5.23. The van der Waals surface area contributed by atoms with Crippen molar-refractivity contribution < 1.29 is 0 Å². The first kappa shape index (κ1) is 12.6. The van der Waals surface area contributed by atoms with Crippen molar-refractivity contribution in [2.75, 3.05) is 7.05 Å². The molecule has 2 aromatic rings. The molecule has 1 unspecified atom stereocenters. The molecule has 0 radical (unpaired) electrons. The van der Waals surface area contributed by atoms with E-state index in [0.29, 0.717) is 0 Å². The van der Waals surface area contributed by atoms with Gasteiger partial charge in [0, 0.05) is 12.4 Å². The van der Waals surface area contributed by atoms with Crippen molar-refractivity contribution in [3.05, 3.63) is 52.6 Å². The Labute approximate surface area is 107 Å². The molecule has 18 heavy (non-hydrogen) atoms. The van der Waals surface area contributed by atoms with Gasteiger partial charge in [0.15, 0.2) is 0 Å². The minimum absolute atomic E-state index is 0.103. The van der Waals surface area contributed by atoms with Crippen molar-refractivity contribution in [1.29, 1.82) is 0 Å². The summed E-state index contributed by atoms with van der Waals surface area (Å²) < 4.78 is 0. The maximum absolute atomic E-state index is 4.25. The summed E-state index contributed by atoms with van der Waals surface area (Å²) in [7, 11) is 1.95. The average molecular weight is 242 g/mol. The molecule has 0 amide bonds. The Balaban J connectivity index is 2.48. The minimum Gasteiger partial charge on any atom is -0.309 e. The highest BCUT2D eigenvalue weighted by Crippen LogP contribution is 2.23. The third kappa shape index (κ3) is 2.54. The van der Waals surface area contributed by atoms with Gasteiger partial charge in [-0.2, -0.15) is 10.2 Å². The van der Waals surface area contributed by atoms with Gasteiger partial charge in [-0.3, -0.25) is 4.98 Å². The van der Waals surface area contributed by atoms with Gasteiger partial charge in [-0.25, -0.2) is 0 Å². The maximum Gasteiger partial charge on any atom is 0.0651 e. The number of pyridine rings is 1. The number of aryl methyl sites for hydroxylation is 3.